The first kappa shape index (κ1) is 10.7. The highest BCUT2D eigenvalue weighted by atomic mass is 35.5. The summed E-state index contributed by atoms with van der Waals surface area (Å²) in [5.74, 6) is 0.900. The van der Waals surface area contributed by atoms with Gasteiger partial charge in [0.15, 0.2) is 0 Å². The van der Waals surface area contributed by atoms with Crippen LogP contribution in [0.4, 0.5) is 5.82 Å². The second-order valence-corrected chi connectivity index (χ2v) is 4.31. The summed E-state index contributed by atoms with van der Waals surface area (Å²) >= 11 is 5.75. The summed E-state index contributed by atoms with van der Waals surface area (Å²) in [5.41, 5.74) is 0. The lowest BCUT2D eigenvalue weighted by Crippen LogP contribution is -2.24. The number of nitrogens with one attached hydrogen (secondary N) is 2. The van der Waals surface area contributed by atoms with E-state index in [-0.39, 0.29) is 0 Å². The van der Waals surface area contributed by atoms with E-state index in [0.29, 0.717) is 11.1 Å². The van der Waals surface area contributed by atoms with Gasteiger partial charge in [0, 0.05) is 18.8 Å². The minimum Gasteiger partial charge on any atom is -0.370 e. The third-order valence-corrected chi connectivity index (χ3v) is 2.91. The Morgan fingerprint density at radius 2 is 2.47 bits per heavy atom. The predicted octanol–water partition coefficient (Wildman–Crippen LogP) is 2.29. The lowest BCUT2D eigenvalue weighted by molar-refractivity contribution is 0.574. The molecule has 2 heterocycles. The van der Waals surface area contributed by atoms with Gasteiger partial charge in [0.1, 0.15) is 5.82 Å². The molecule has 0 amide bonds. The molecule has 0 bridgehead atoms. The molecule has 0 spiro atoms. The molecule has 1 atom stereocenters. The normalized spacial score (nSPS) is 20.5. The molecule has 0 saturated carbocycles. The second kappa shape index (κ2) is 5.33. The maximum absolute atomic E-state index is 5.75. The number of anilines is 1. The van der Waals surface area contributed by atoms with E-state index in [9.17, 15) is 0 Å². The summed E-state index contributed by atoms with van der Waals surface area (Å²) in [6.07, 6.45) is 5.43. The molecule has 2 N–H and O–H groups in total. The van der Waals surface area contributed by atoms with Crippen molar-refractivity contribution in [2.24, 2.45) is 0 Å². The van der Waals surface area contributed by atoms with Gasteiger partial charge in [0.2, 0.25) is 0 Å². The minimum absolute atomic E-state index is 0.679. The molecule has 1 aliphatic rings. The van der Waals surface area contributed by atoms with Crippen molar-refractivity contribution in [1.29, 1.82) is 0 Å². The van der Waals surface area contributed by atoms with Crippen molar-refractivity contribution in [2.75, 3.05) is 18.4 Å². The maximum Gasteiger partial charge on any atom is 0.125 e. The molecule has 1 aromatic heterocycles. The smallest absolute Gasteiger partial charge is 0.125 e. The number of aromatic nitrogens is 1. The van der Waals surface area contributed by atoms with Crippen LogP contribution in [0.15, 0.2) is 18.3 Å². The molecule has 0 aliphatic carbocycles. The molecule has 15 heavy (non-hydrogen) atoms. The van der Waals surface area contributed by atoms with Gasteiger partial charge in [-0.15, -0.1) is 0 Å². The molecule has 0 unspecified atom stereocenters. The quantitative estimate of drug-likeness (QED) is 0.826. The van der Waals surface area contributed by atoms with Crippen LogP contribution in [0.1, 0.15) is 19.3 Å². The SMILES string of the molecule is Clc1ccc(NCC[C@H]2CCCN2)nc1. The van der Waals surface area contributed by atoms with E-state index >= 15 is 0 Å². The summed E-state index contributed by atoms with van der Waals surface area (Å²) in [6.45, 7) is 2.14. The van der Waals surface area contributed by atoms with Gasteiger partial charge >= 0.3 is 0 Å². The molecule has 4 heteroatoms. The van der Waals surface area contributed by atoms with Crippen molar-refractivity contribution in [3.63, 3.8) is 0 Å². The highest BCUT2D eigenvalue weighted by molar-refractivity contribution is 6.30. The lowest BCUT2D eigenvalue weighted by atomic mass is 10.1. The number of pyridine rings is 1. The van der Waals surface area contributed by atoms with E-state index in [0.717, 1.165) is 18.8 Å². The number of hydrogen-bond acceptors (Lipinski definition) is 3. The van der Waals surface area contributed by atoms with E-state index in [2.05, 4.69) is 15.6 Å². The van der Waals surface area contributed by atoms with Gasteiger partial charge in [-0.1, -0.05) is 11.6 Å². The van der Waals surface area contributed by atoms with Crippen molar-refractivity contribution in [3.05, 3.63) is 23.4 Å². The lowest BCUT2D eigenvalue weighted by Gasteiger charge is -2.10. The third kappa shape index (κ3) is 3.36. The van der Waals surface area contributed by atoms with E-state index in [4.69, 9.17) is 11.6 Å². The summed E-state index contributed by atoms with van der Waals surface area (Å²) < 4.78 is 0. The Morgan fingerprint density at radius 1 is 1.53 bits per heavy atom. The molecular weight excluding hydrogens is 210 g/mol. The average Bonchev–Trinajstić information content (AvgIpc) is 2.74. The Hall–Kier alpha value is -0.800. The van der Waals surface area contributed by atoms with Gasteiger partial charge in [0.05, 0.1) is 5.02 Å². The van der Waals surface area contributed by atoms with E-state index < -0.39 is 0 Å². The Bertz CT molecular complexity index is 293. The monoisotopic (exact) mass is 225 g/mol. The molecule has 3 nitrogen and oxygen atoms in total. The zero-order valence-corrected chi connectivity index (χ0v) is 9.43. The fourth-order valence-electron chi connectivity index (χ4n) is 1.86. The van der Waals surface area contributed by atoms with Gasteiger partial charge in [-0.2, -0.15) is 0 Å². The molecule has 82 valence electrons. The van der Waals surface area contributed by atoms with Crippen LogP contribution in [0, 0.1) is 0 Å². The molecule has 0 aromatic carbocycles. The third-order valence-electron chi connectivity index (χ3n) is 2.69. The fourth-order valence-corrected chi connectivity index (χ4v) is 1.97. The molecule has 1 aromatic rings. The molecule has 0 radical (unpaired) electrons. The average molecular weight is 226 g/mol. The standard InChI is InChI=1S/C11H16ClN3/c12-9-3-4-11(15-8-9)14-7-5-10-2-1-6-13-10/h3-4,8,10,13H,1-2,5-7H2,(H,14,15)/t10-/m1/s1. The van der Waals surface area contributed by atoms with Gasteiger partial charge < -0.3 is 10.6 Å². The van der Waals surface area contributed by atoms with E-state index in [1.807, 2.05) is 12.1 Å². The molecule has 1 fully saturated rings. The highest BCUT2D eigenvalue weighted by Crippen LogP contribution is 2.11. The maximum atomic E-state index is 5.75. The van der Waals surface area contributed by atoms with Crippen LogP contribution in [0.2, 0.25) is 5.02 Å². The zero-order chi connectivity index (χ0) is 10.5. The van der Waals surface area contributed by atoms with Crippen molar-refractivity contribution >= 4 is 17.4 Å². The first-order valence-electron chi connectivity index (χ1n) is 5.43. The number of hydrogen-bond donors (Lipinski definition) is 2. The summed E-state index contributed by atoms with van der Waals surface area (Å²) in [5, 5.41) is 7.44. The summed E-state index contributed by atoms with van der Waals surface area (Å²) in [7, 11) is 0. The second-order valence-electron chi connectivity index (χ2n) is 3.87. The van der Waals surface area contributed by atoms with Crippen molar-refractivity contribution in [2.45, 2.75) is 25.3 Å². The Balaban J connectivity index is 1.71. The van der Waals surface area contributed by atoms with E-state index in [1.54, 1.807) is 6.20 Å². The Labute approximate surface area is 95.2 Å². The van der Waals surface area contributed by atoms with Gasteiger partial charge in [-0.05, 0) is 37.9 Å². The van der Waals surface area contributed by atoms with Crippen molar-refractivity contribution in [1.82, 2.24) is 10.3 Å². The largest absolute Gasteiger partial charge is 0.370 e. The van der Waals surface area contributed by atoms with Crippen LogP contribution < -0.4 is 10.6 Å². The first-order valence-corrected chi connectivity index (χ1v) is 5.81. The van der Waals surface area contributed by atoms with Gasteiger partial charge in [-0.3, -0.25) is 0 Å². The van der Waals surface area contributed by atoms with E-state index in [1.165, 1.54) is 19.4 Å². The number of nitrogens with zero attached hydrogens (tertiary/aromatic N) is 1. The Kier molecular flexibility index (Phi) is 3.80. The summed E-state index contributed by atoms with van der Waals surface area (Å²) in [6, 6.07) is 4.44. The first-order chi connectivity index (χ1) is 7.34. The van der Waals surface area contributed by atoms with Crippen molar-refractivity contribution < 1.29 is 0 Å². The molecule has 2 rings (SSSR count). The number of rotatable bonds is 4. The Morgan fingerprint density at radius 3 is 3.13 bits per heavy atom. The van der Waals surface area contributed by atoms with Crippen LogP contribution in [0.25, 0.3) is 0 Å². The fraction of sp³-hybridized carbons (Fsp3) is 0.545. The minimum atomic E-state index is 0.679. The summed E-state index contributed by atoms with van der Waals surface area (Å²) in [4.78, 5) is 4.18. The van der Waals surface area contributed by atoms with Gasteiger partial charge in [-0.25, -0.2) is 4.98 Å². The van der Waals surface area contributed by atoms with Gasteiger partial charge in [0.25, 0.3) is 0 Å². The van der Waals surface area contributed by atoms with Crippen LogP contribution >= 0.6 is 11.6 Å². The van der Waals surface area contributed by atoms with Crippen LogP contribution in [-0.4, -0.2) is 24.1 Å². The molecular formula is C11H16ClN3. The van der Waals surface area contributed by atoms with Crippen LogP contribution in [0.5, 0.6) is 0 Å². The zero-order valence-electron chi connectivity index (χ0n) is 8.67. The van der Waals surface area contributed by atoms with Crippen molar-refractivity contribution in [3.8, 4) is 0 Å². The number of halogens is 1. The molecule has 1 aliphatic heterocycles. The predicted molar refractivity (Wildman–Crippen MR) is 63.4 cm³/mol. The van der Waals surface area contributed by atoms with Crippen LogP contribution in [0.3, 0.4) is 0 Å². The highest BCUT2D eigenvalue weighted by Gasteiger charge is 2.12. The topological polar surface area (TPSA) is 37.0 Å². The molecule has 1 saturated heterocycles. The van der Waals surface area contributed by atoms with Crippen LogP contribution in [-0.2, 0) is 0 Å².